The van der Waals surface area contributed by atoms with Crippen molar-refractivity contribution < 1.29 is 9.13 Å². The number of piperazine rings is 1. The molecule has 0 spiro atoms. The van der Waals surface area contributed by atoms with Crippen LogP contribution in [0.1, 0.15) is 11.6 Å². The molecule has 2 fully saturated rings. The average molecular weight is 534 g/mol. The number of hydrogen-bond donors (Lipinski definition) is 0. The Labute approximate surface area is 226 Å². The maximum atomic E-state index is 14.0. The lowest BCUT2D eigenvalue weighted by atomic mass is 10.0. The molecule has 0 saturated carbocycles. The van der Waals surface area contributed by atoms with Crippen molar-refractivity contribution in [2.45, 2.75) is 6.04 Å². The Bertz CT molecular complexity index is 1390. The molecule has 0 radical (unpaired) electrons. The average Bonchev–Trinajstić information content (AvgIpc) is 3.40. The minimum Gasteiger partial charge on any atom is -0.377 e. The largest absolute Gasteiger partial charge is 0.377 e. The SMILES string of the molecule is CSCCN1CCN(c2cccc(-c3cnc4ccc(N5CCOCC5c5cccc(F)c5)nn34)n2)CC1. The van der Waals surface area contributed by atoms with E-state index in [1.807, 2.05) is 46.7 Å². The van der Waals surface area contributed by atoms with Crippen molar-refractivity contribution in [3.8, 4) is 11.4 Å². The van der Waals surface area contributed by atoms with Crippen molar-refractivity contribution in [1.29, 1.82) is 0 Å². The van der Waals surface area contributed by atoms with Crippen LogP contribution in [0, 0.1) is 5.82 Å². The molecule has 0 N–H and O–H groups in total. The molecule has 8 nitrogen and oxygen atoms in total. The maximum absolute atomic E-state index is 14.0. The number of imidazole rings is 1. The zero-order valence-corrected chi connectivity index (χ0v) is 22.4. The molecule has 1 atom stereocenters. The standard InChI is InChI=1S/C28H32FN7OS/c1-38-17-15-33-10-12-34(13-11-33)27-7-3-6-23(31-27)24-19-30-26-8-9-28(32-36(24)26)35-14-16-37-20-25(35)21-4-2-5-22(29)18-21/h2-9,18-19,25H,10-17,20H2,1H3. The highest BCUT2D eigenvalue weighted by atomic mass is 32.2. The van der Waals surface area contributed by atoms with E-state index in [0.29, 0.717) is 19.8 Å². The van der Waals surface area contributed by atoms with Gasteiger partial charge in [-0.1, -0.05) is 18.2 Å². The third-order valence-corrected chi connectivity index (χ3v) is 7.90. The van der Waals surface area contributed by atoms with E-state index >= 15 is 0 Å². The number of nitrogens with zero attached hydrogens (tertiary/aromatic N) is 7. The minimum absolute atomic E-state index is 0.118. The van der Waals surface area contributed by atoms with Crippen LogP contribution in [-0.2, 0) is 4.74 Å². The van der Waals surface area contributed by atoms with Gasteiger partial charge < -0.3 is 14.5 Å². The first-order chi connectivity index (χ1) is 18.7. The van der Waals surface area contributed by atoms with Gasteiger partial charge in [0.05, 0.1) is 31.1 Å². The molecule has 1 aromatic carbocycles. The van der Waals surface area contributed by atoms with Gasteiger partial charge in [0.15, 0.2) is 5.65 Å². The van der Waals surface area contributed by atoms with E-state index in [1.54, 1.807) is 12.1 Å². The normalized spacial score (nSPS) is 18.8. The lowest BCUT2D eigenvalue weighted by molar-refractivity contribution is 0.0935. The van der Waals surface area contributed by atoms with Gasteiger partial charge in [0.1, 0.15) is 23.1 Å². The molecular weight excluding hydrogens is 501 g/mol. The topological polar surface area (TPSA) is 62.0 Å². The fourth-order valence-corrected chi connectivity index (χ4v) is 5.66. The van der Waals surface area contributed by atoms with Gasteiger partial charge in [-0.25, -0.2) is 18.9 Å². The van der Waals surface area contributed by atoms with Gasteiger partial charge in [0.2, 0.25) is 0 Å². The van der Waals surface area contributed by atoms with Gasteiger partial charge in [0, 0.05) is 45.0 Å². The summed E-state index contributed by atoms with van der Waals surface area (Å²) in [6.45, 7) is 6.93. The Hall–Kier alpha value is -3.21. The molecule has 38 heavy (non-hydrogen) atoms. The van der Waals surface area contributed by atoms with Crippen molar-refractivity contribution in [2.75, 3.05) is 74.3 Å². The smallest absolute Gasteiger partial charge is 0.154 e. The predicted octanol–water partition coefficient (Wildman–Crippen LogP) is 3.99. The third kappa shape index (κ3) is 5.21. The van der Waals surface area contributed by atoms with Gasteiger partial charge in [-0.05, 0) is 48.2 Å². The van der Waals surface area contributed by atoms with Crippen LogP contribution >= 0.6 is 11.8 Å². The minimum atomic E-state index is -0.249. The van der Waals surface area contributed by atoms with E-state index in [4.69, 9.17) is 14.8 Å². The molecule has 2 aliphatic heterocycles. The summed E-state index contributed by atoms with van der Waals surface area (Å²) in [7, 11) is 0. The fraction of sp³-hybridized carbons (Fsp3) is 0.393. The lowest BCUT2D eigenvalue weighted by Gasteiger charge is -2.36. The summed E-state index contributed by atoms with van der Waals surface area (Å²) in [5.41, 5.74) is 3.32. The quantitative estimate of drug-likeness (QED) is 0.354. The van der Waals surface area contributed by atoms with Crippen LogP contribution in [0.15, 0.2) is 60.8 Å². The molecule has 0 aliphatic carbocycles. The third-order valence-electron chi connectivity index (χ3n) is 7.31. The molecule has 0 amide bonds. The van der Waals surface area contributed by atoms with Gasteiger partial charge in [0.25, 0.3) is 0 Å². The Morgan fingerprint density at radius 1 is 1.00 bits per heavy atom. The summed E-state index contributed by atoms with van der Waals surface area (Å²) in [5, 5.41) is 4.98. The van der Waals surface area contributed by atoms with Crippen molar-refractivity contribution >= 4 is 29.0 Å². The number of fused-ring (bicyclic) bond motifs is 1. The number of thioether (sulfide) groups is 1. The van der Waals surface area contributed by atoms with Crippen LogP contribution < -0.4 is 9.80 Å². The van der Waals surface area contributed by atoms with E-state index in [2.05, 4.69) is 38.1 Å². The Morgan fingerprint density at radius 3 is 2.71 bits per heavy atom. The highest BCUT2D eigenvalue weighted by Crippen LogP contribution is 2.30. The molecule has 0 bridgehead atoms. The van der Waals surface area contributed by atoms with Crippen LogP contribution in [0.3, 0.4) is 0 Å². The fourth-order valence-electron chi connectivity index (χ4n) is 5.22. The number of morpholine rings is 1. The molecule has 4 aromatic rings. The van der Waals surface area contributed by atoms with E-state index in [0.717, 1.165) is 67.0 Å². The van der Waals surface area contributed by atoms with Crippen LogP contribution in [0.25, 0.3) is 17.0 Å². The van der Waals surface area contributed by atoms with Crippen molar-refractivity contribution in [1.82, 2.24) is 24.5 Å². The number of benzene rings is 1. The number of anilines is 2. The number of pyridine rings is 1. The van der Waals surface area contributed by atoms with Crippen molar-refractivity contribution in [3.63, 3.8) is 0 Å². The van der Waals surface area contributed by atoms with Crippen LogP contribution in [-0.4, -0.2) is 89.0 Å². The summed E-state index contributed by atoms with van der Waals surface area (Å²) < 4.78 is 21.6. The zero-order valence-electron chi connectivity index (χ0n) is 21.5. The zero-order chi connectivity index (χ0) is 25.9. The molecule has 10 heteroatoms. The summed E-state index contributed by atoms with van der Waals surface area (Å²) in [4.78, 5) is 16.7. The van der Waals surface area contributed by atoms with E-state index < -0.39 is 0 Å². The number of halogens is 1. The molecule has 5 heterocycles. The summed E-state index contributed by atoms with van der Waals surface area (Å²) in [6, 6.07) is 16.7. The Kier molecular flexibility index (Phi) is 7.44. The van der Waals surface area contributed by atoms with Crippen LogP contribution in [0.2, 0.25) is 0 Å². The van der Waals surface area contributed by atoms with Crippen molar-refractivity contribution in [3.05, 3.63) is 72.2 Å². The van der Waals surface area contributed by atoms with Gasteiger partial charge >= 0.3 is 0 Å². The highest BCUT2D eigenvalue weighted by molar-refractivity contribution is 7.98. The predicted molar refractivity (Wildman–Crippen MR) is 151 cm³/mol. The lowest BCUT2D eigenvalue weighted by Crippen LogP contribution is -2.47. The highest BCUT2D eigenvalue weighted by Gasteiger charge is 2.27. The van der Waals surface area contributed by atoms with Gasteiger partial charge in [-0.15, -0.1) is 5.10 Å². The molecule has 1 unspecified atom stereocenters. The van der Waals surface area contributed by atoms with E-state index in [-0.39, 0.29) is 11.9 Å². The Balaban J connectivity index is 1.27. The molecule has 2 aliphatic rings. The van der Waals surface area contributed by atoms with Crippen molar-refractivity contribution in [2.24, 2.45) is 0 Å². The van der Waals surface area contributed by atoms with Crippen LogP contribution in [0.4, 0.5) is 16.0 Å². The summed E-state index contributed by atoms with van der Waals surface area (Å²) in [6.07, 6.45) is 4.00. The first-order valence-electron chi connectivity index (χ1n) is 13.1. The van der Waals surface area contributed by atoms with Gasteiger partial charge in [-0.2, -0.15) is 11.8 Å². The molecule has 3 aromatic heterocycles. The Morgan fingerprint density at radius 2 is 1.87 bits per heavy atom. The molecule has 198 valence electrons. The maximum Gasteiger partial charge on any atom is 0.154 e. The summed E-state index contributed by atoms with van der Waals surface area (Å²) >= 11 is 1.90. The molecule has 2 saturated heterocycles. The number of ether oxygens (including phenoxy) is 1. The number of aromatic nitrogens is 4. The number of rotatable bonds is 7. The second kappa shape index (κ2) is 11.3. The second-order valence-corrected chi connectivity index (χ2v) is 10.6. The van der Waals surface area contributed by atoms with Crippen LogP contribution in [0.5, 0.6) is 0 Å². The molecule has 6 rings (SSSR count). The van der Waals surface area contributed by atoms with E-state index in [9.17, 15) is 4.39 Å². The first-order valence-corrected chi connectivity index (χ1v) is 14.5. The monoisotopic (exact) mass is 533 g/mol. The number of hydrogen-bond acceptors (Lipinski definition) is 8. The van der Waals surface area contributed by atoms with Gasteiger partial charge in [-0.3, -0.25) is 4.90 Å². The van der Waals surface area contributed by atoms with E-state index in [1.165, 1.54) is 11.8 Å². The first kappa shape index (κ1) is 25.1. The summed E-state index contributed by atoms with van der Waals surface area (Å²) in [5.74, 6) is 2.70. The molecular formula is C28H32FN7OS. The second-order valence-electron chi connectivity index (χ2n) is 9.65.